The maximum atomic E-state index is 11.6. The molecule has 0 radical (unpaired) electrons. The Labute approximate surface area is 109 Å². The Kier molecular flexibility index (Phi) is 5.65. The Morgan fingerprint density at radius 2 is 2.17 bits per heavy atom. The first-order valence-corrected chi connectivity index (χ1v) is 6.44. The van der Waals surface area contributed by atoms with Gasteiger partial charge in [-0.05, 0) is 38.1 Å². The largest absolute Gasteiger partial charge is 0.399 e. The highest BCUT2D eigenvalue weighted by Crippen LogP contribution is 2.21. The predicted molar refractivity (Wildman–Crippen MR) is 75.2 cm³/mol. The topological polar surface area (TPSA) is 58.4 Å². The van der Waals surface area contributed by atoms with E-state index in [0.717, 1.165) is 17.8 Å². The van der Waals surface area contributed by atoms with Crippen LogP contribution in [0.5, 0.6) is 0 Å². The number of nitrogen functional groups attached to an aromatic ring is 1. The summed E-state index contributed by atoms with van der Waals surface area (Å²) in [6.45, 7) is 7.99. The Morgan fingerprint density at radius 3 is 2.72 bits per heavy atom. The molecule has 0 bridgehead atoms. The molecule has 1 unspecified atom stereocenters. The quantitative estimate of drug-likeness (QED) is 0.756. The molecule has 0 aliphatic carbocycles. The van der Waals surface area contributed by atoms with Crippen molar-refractivity contribution in [2.75, 3.05) is 25.4 Å². The molecule has 0 saturated heterocycles. The number of rotatable bonds is 6. The van der Waals surface area contributed by atoms with Crippen molar-refractivity contribution in [2.24, 2.45) is 0 Å². The van der Waals surface area contributed by atoms with E-state index in [9.17, 15) is 4.79 Å². The van der Waals surface area contributed by atoms with Gasteiger partial charge in [0.2, 0.25) is 5.91 Å². The van der Waals surface area contributed by atoms with Crippen molar-refractivity contribution in [3.8, 4) is 0 Å². The third kappa shape index (κ3) is 4.04. The number of anilines is 1. The summed E-state index contributed by atoms with van der Waals surface area (Å²) >= 11 is 0. The number of nitrogens with zero attached hydrogens (tertiary/aromatic N) is 1. The third-order valence-electron chi connectivity index (χ3n) is 3.07. The van der Waals surface area contributed by atoms with Crippen LogP contribution in [0.1, 0.15) is 32.4 Å². The summed E-state index contributed by atoms with van der Waals surface area (Å²) in [5, 5.41) is 2.82. The van der Waals surface area contributed by atoms with E-state index in [1.165, 1.54) is 0 Å². The standard InChI is InChI=1S/C14H23N3O/c1-4-16-14(18)10-17(5-2)11(3)12-7-6-8-13(15)9-12/h6-9,11H,4-5,10,15H2,1-3H3,(H,16,18). The number of amides is 1. The lowest BCUT2D eigenvalue weighted by Gasteiger charge is -2.27. The number of hydrogen-bond acceptors (Lipinski definition) is 3. The molecule has 4 nitrogen and oxygen atoms in total. The predicted octanol–water partition coefficient (Wildman–Crippen LogP) is 1.79. The lowest BCUT2D eigenvalue weighted by Crippen LogP contribution is -2.38. The van der Waals surface area contributed by atoms with Crippen LogP contribution in [0.3, 0.4) is 0 Å². The van der Waals surface area contributed by atoms with Gasteiger partial charge < -0.3 is 11.1 Å². The minimum atomic E-state index is 0.0649. The second-order valence-corrected chi connectivity index (χ2v) is 4.36. The number of nitrogens with one attached hydrogen (secondary N) is 1. The molecule has 0 aliphatic rings. The molecule has 1 amide bonds. The SMILES string of the molecule is CCNC(=O)CN(CC)C(C)c1cccc(N)c1. The van der Waals surface area contributed by atoms with Crippen LogP contribution in [0.25, 0.3) is 0 Å². The molecular weight excluding hydrogens is 226 g/mol. The molecule has 18 heavy (non-hydrogen) atoms. The molecule has 0 saturated carbocycles. The molecule has 0 spiro atoms. The highest BCUT2D eigenvalue weighted by molar-refractivity contribution is 5.78. The van der Waals surface area contributed by atoms with E-state index in [4.69, 9.17) is 5.73 Å². The molecule has 0 aliphatic heterocycles. The average Bonchev–Trinajstić information content (AvgIpc) is 2.35. The van der Waals surface area contributed by atoms with Crippen LogP contribution in [-0.4, -0.2) is 30.4 Å². The minimum Gasteiger partial charge on any atom is -0.399 e. The van der Waals surface area contributed by atoms with Gasteiger partial charge in [-0.3, -0.25) is 9.69 Å². The van der Waals surface area contributed by atoms with E-state index in [1.54, 1.807) is 0 Å². The number of carbonyl (C=O) groups excluding carboxylic acids is 1. The fraction of sp³-hybridized carbons (Fsp3) is 0.500. The van der Waals surface area contributed by atoms with Crippen LogP contribution in [0.4, 0.5) is 5.69 Å². The number of hydrogen-bond donors (Lipinski definition) is 2. The lowest BCUT2D eigenvalue weighted by atomic mass is 10.1. The molecule has 1 atom stereocenters. The van der Waals surface area contributed by atoms with Gasteiger partial charge in [0, 0.05) is 18.3 Å². The van der Waals surface area contributed by atoms with E-state index in [0.29, 0.717) is 13.1 Å². The molecule has 3 N–H and O–H groups in total. The van der Waals surface area contributed by atoms with Gasteiger partial charge in [0.05, 0.1) is 6.54 Å². The monoisotopic (exact) mass is 249 g/mol. The average molecular weight is 249 g/mol. The molecule has 0 fully saturated rings. The van der Waals surface area contributed by atoms with Crippen molar-refractivity contribution in [3.63, 3.8) is 0 Å². The maximum absolute atomic E-state index is 11.6. The van der Waals surface area contributed by atoms with E-state index in [2.05, 4.69) is 24.1 Å². The summed E-state index contributed by atoms with van der Waals surface area (Å²) < 4.78 is 0. The van der Waals surface area contributed by atoms with Gasteiger partial charge in [0.25, 0.3) is 0 Å². The summed E-state index contributed by atoms with van der Waals surface area (Å²) in [6, 6.07) is 8.00. The van der Waals surface area contributed by atoms with E-state index < -0.39 is 0 Å². The third-order valence-corrected chi connectivity index (χ3v) is 3.07. The first kappa shape index (κ1) is 14.5. The highest BCUT2D eigenvalue weighted by atomic mass is 16.2. The number of likely N-dealkylation sites (N-methyl/N-ethyl adjacent to an activating group) is 2. The first-order valence-electron chi connectivity index (χ1n) is 6.44. The van der Waals surface area contributed by atoms with Gasteiger partial charge in [0.1, 0.15) is 0 Å². The zero-order valence-corrected chi connectivity index (χ0v) is 11.4. The Bertz CT molecular complexity index is 392. The molecule has 100 valence electrons. The number of carbonyl (C=O) groups is 1. The fourth-order valence-corrected chi connectivity index (χ4v) is 1.99. The molecule has 1 rings (SSSR count). The zero-order valence-electron chi connectivity index (χ0n) is 11.4. The van der Waals surface area contributed by atoms with Gasteiger partial charge in [-0.2, -0.15) is 0 Å². The normalized spacial score (nSPS) is 12.4. The van der Waals surface area contributed by atoms with Crippen LogP contribution in [-0.2, 0) is 4.79 Å². The Hall–Kier alpha value is -1.55. The van der Waals surface area contributed by atoms with Crippen molar-refractivity contribution in [3.05, 3.63) is 29.8 Å². The summed E-state index contributed by atoms with van der Waals surface area (Å²) in [4.78, 5) is 13.8. The van der Waals surface area contributed by atoms with Crippen molar-refractivity contribution < 1.29 is 4.79 Å². The minimum absolute atomic E-state index is 0.0649. The Morgan fingerprint density at radius 1 is 1.44 bits per heavy atom. The van der Waals surface area contributed by atoms with Crippen LogP contribution in [0.15, 0.2) is 24.3 Å². The zero-order chi connectivity index (χ0) is 13.5. The molecule has 1 aromatic rings. The van der Waals surface area contributed by atoms with Gasteiger partial charge >= 0.3 is 0 Å². The molecule has 0 aromatic heterocycles. The van der Waals surface area contributed by atoms with Crippen molar-refractivity contribution in [1.82, 2.24) is 10.2 Å². The second kappa shape index (κ2) is 7.01. The van der Waals surface area contributed by atoms with Crippen LogP contribution >= 0.6 is 0 Å². The summed E-state index contributed by atoms with van der Waals surface area (Å²) in [6.07, 6.45) is 0. The van der Waals surface area contributed by atoms with Crippen molar-refractivity contribution >= 4 is 11.6 Å². The maximum Gasteiger partial charge on any atom is 0.234 e. The van der Waals surface area contributed by atoms with Crippen molar-refractivity contribution in [2.45, 2.75) is 26.8 Å². The summed E-state index contributed by atoms with van der Waals surface area (Å²) in [7, 11) is 0. The molecule has 0 heterocycles. The number of nitrogens with two attached hydrogens (primary N) is 1. The van der Waals surface area contributed by atoms with Gasteiger partial charge in [-0.15, -0.1) is 0 Å². The second-order valence-electron chi connectivity index (χ2n) is 4.36. The van der Waals surface area contributed by atoms with Crippen molar-refractivity contribution in [1.29, 1.82) is 0 Å². The van der Waals surface area contributed by atoms with Crippen LogP contribution < -0.4 is 11.1 Å². The first-order chi connectivity index (χ1) is 8.58. The van der Waals surface area contributed by atoms with Crippen LogP contribution in [0, 0.1) is 0 Å². The molecule has 1 aromatic carbocycles. The summed E-state index contributed by atoms with van der Waals surface area (Å²) in [5.41, 5.74) is 7.69. The molecular formula is C14H23N3O. The van der Waals surface area contributed by atoms with Gasteiger partial charge in [0.15, 0.2) is 0 Å². The van der Waals surface area contributed by atoms with Gasteiger partial charge in [-0.25, -0.2) is 0 Å². The lowest BCUT2D eigenvalue weighted by molar-refractivity contribution is -0.122. The number of benzene rings is 1. The smallest absolute Gasteiger partial charge is 0.234 e. The fourth-order valence-electron chi connectivity index (χ4n) is 1.99. The van der Waals surface area contributed by atoms with E-state index in [-0.39, 0.29) is 11.9 Å². The summed E-state index contributed by atoms with van der Waals surface area (Å²) in [5.74, 6) is 0.0649. The van der Waals surface area contributed by atoms with E-state index >= 15 is 0 Å². The van der Waals surface area contributed by atoms with Gasteiger partial charge in [-0.1, -0.05) is 19.1 Å². The van der Waals surface area contributed by atoms with E-state index in [1.807, 2.05) is 31.2 Å². The Balaban J connectivity index is 2.72. The molecule has 4 heteroatoms. The highest BCUT2D eigenvalue weighted by Gasteiger charge is 2.16. The van der Waals surface area contributed by atoms with Crippen LogP contribution in [0.2, 0.25) is 0 Å².